The van der Waals surface area contributed by atoms with Crippen molar-refractivity contribution in [2.75, 3.05) is 24.4 Å². The molecule has 100 valence electrons. The molecule has 0 fully saturated rings. The number of nitrogens with zero attached hydrogens (tertiary/aromatic N) is 2. The number of rotatable bonds is 5. The highest BCUT2D eigenvalue weighted by molar-refractivity contribution is 7.98. The van der Waals surface area contributed by atoms with E-state index in [-0.39, 0.29) is 0 Å². The predicted molar refractivity (Wildman–Crippen MR) is 78.5 cm³/mol. The van der Waals surface area contributed by atoms with Gasteiger partial charge in [0.25, 0.3) is 0 Å². The molecule has 0 aliphatic carbocycles. The molecule has 0 aliphatic rings. The van der Waals surface area contributed by atoms with Crippen molar-refractivity contribution in [2.45, 2.75) is 11.6 Å². The summed E-state index contributed by atoms with van der Waals surface area (Å²) in [6, 6.07) is 7.48. The van der Waals surface area contributed by atoms with E-state index < -0.39 is 0 Å². The van der Waals surface area contributed by atoms with Crippen LogP contribution < -0.4 is 15.8 Å². The fraction of sp³-hybridized carbons (Fsp3) is 0.231. The lowest BCUT2D eigenvalue weighted by molar-refractivity contribution is 0.410. The Kier molecular flexibility index (Phi) is 4.46. The Balaban J connectivity index is 2.11. The Hall–Kier alpha value is -1.95. The third-order valence-corrected chi connectivity index (χ3v) is 3.26. The lowest BCUT2D eigenvalue weighted by atomic mass is 10.2. The predicted octanol–water partition coefficient (Wildman–Crippen LogP) is 2.40. The quantitative estimate of drug-likeness (QED) is 0.496. The molecule has 0 saturated carbocycles. The lowest BCUT2D eigenvalue weighted by Gasteiger charge is -2.11. The van der Waals surface area contributed by atoms with Crippen LogP contribution in [-0.4, -0.2) is 23.3 Å². The van der Waals surface area contributed by atoms with E-state index in [1.807, 2.05) is 30.5 Å². The summed E-state index contributed by atoms with van der Waals surface area (Å²) in [7, 11) is 1.64. The summed E-state index contributed by atoms with van der Waals surface area (Å²) in [5.41, 5.74) is 7.49. The van der Waals surface area contributed by atoms with E-state index in [9.17, 15) is 0 Å². The molecule has 6 heteroatoms. The zero-order valence-corrected chi connectivity index (χ0v) is 11.7. The van der Waals surface area contributed by atoms with Gasteiger partial charge in [-0.1, -0.05) is 0 Å². The van der Waals surface area contributed by atoms with E-state index in [1.54, 1.807) is 25.2 Å². The Morgan fingerprint density at radius 2 is 2.16 bits per heavy atom. The van der Waals surface area contributed by atoms with Gasteiger partial charge in [0.2, 0.25) is 0 Å². The Labute approximate surface area is 116 Å². The second-order valence-corrected chi connectivity index (χ2v) is 4.70. The van der Waals surface area contributed by atoms with Crippen LogP contribution >= 0.6 is 11.8 Å². The van der Waals surface area contributed by atoms with Gasteiger partial charge in [-0.25, -0.2) is 9.97 Å². The standard InChI is InChI=1S/C13H16N4OS/c1-18-11-4-3-10(14)5-9(11)7-15-12-6-13(19-2)17-8-16-12/h3-6,8H,7,14H2,1-2H3,(H,15,16,17). The summed E-state index contributed by atoms with van der Waals surface area (Å²) in [6.07, 6.45) is 3.53. The number of thioether (sulfide) groups is 1. The molecule has 0 saturated heterocycles. The number of hydrogen-bond donors (Lipinski definition) is 2. The third-order valence-electron chi connectivity index (χ3n) is 2.62. The van der Waals surface area contributed by atoms with Gasteiger partial charge in [-0.15, -0.1) is 11.8 Å². The first-order valence-corrected chi connectivity index (χ1v) is 6.97. The summed E-state index contributed by atoms with van der Waals surface area (Å²) in [5.74, 6) is 1.59. The van der Waals surface area contributed by atoms with Crippen LogP contribution in [0.4, 0.5) is 11.5 Å². The molecule has 0 unspecified atom stereocenters. The van der Waals surface area contributed by atoms with Crippen LogP contribution in [0.1, 0.15) is 5.56 Å². The number of hydrogen-bond acceptors (Lipinski definition) is 6. The number of ether oxygens (including phenoxy) is 1. The first-order chi connectivity index (χ1) is 9.22. The molecule has 0 amide bonds. The monoisotopic (exact) mass is 276 g/mol. The smallest absolute Gasteiger partial charge is 0.130 e. The zero-order valence-electron chi connectivity index (χ0n) is 10.9. The molecule has 5 nitrogen and oxygen atoms in total. The van der Waals surface area contributed by atoms with Crippen molar-refractivity contribution in [1.29, 1.82) is 0 Å². The van der Waals surface area contributed by atoms with Crippen LogP contribution in [0.2, 0.25) is 0 Å². The highest BCUT2D eigenvalue weighted by atomic mass is 32.2. The minimum Gasteiger partial charge on any atom is -0.496 e. The fourth-order valence-electron chi connectivity index (χ4n) is 1.67. The molecular formula is C13H16N4OS. The zero-order chi connectivity index (χ0) is 13.7. The molecule has 19 heavy (non-hydrogen) atoms. The number of aromatic nitrogens is 2. The largest absolute Gasteiger partial charge is 0.496 e. The van der Waals surface area contributed by atoms with E-state index in [4.69, 9.17) is 10.5 Å². The molecule has 1 aromatic carbocycles. The molecular weight excluding hydrogens is 260 g/mol. The number of anilines is 2. The summed E-state index contributed by atoms with van der Waals surface area (Å²) in [5, 5.41) is 4.17. The van der Waals surface area contributed by atoms with Crippen molar-refractivity contribution < 1.29 is 4.74 Å². The summed E-state index contributed by atoms with van der Waals surface area (Å²) >= 11 is 1.58. The van der Waals surface area contributed by atoms with Gasteiger partial charge in [-0.05, 0) is 24.5 Å². The van der Waals surface area contributed by atoms with Gasteiger partial charge in [0.05, 0.1) is 7.11 Å². The fourth-order valence-corrected chi connectivity index (χ4v) is 2.05. The molecule has 0 bridgehead atoms. The van der Waals surface area contributed by atoms with E-state index in [0.29, 0.717) is 12.2 Å². The molecule has 0 atom stereocenters. The number of nitrogens with two attached hydrogens (primary N) is 1. The van der Waals surface area contributed by atoms with Gasteiger partial charge in [0.1, 0.15) is 22.9 Å². The van der Waals surface area contributed by atoms with Gasteiger partial charge >= 0.3 is 0 Å². The van der Waals surface area contributed by atoms with Crippen molar-refractivity contribution in [1.82, 2.24) is 9.97 Å². The van der Waals surface area contributed by atoms with Crippen molar-refractivity contribution in [3.63, 3.8) is 0 Å². The van der Waals surface area contributed by atoms with Gasteiger partial charge in [-0.2, -0.15) is 0 Å². The maximum Gasteiger partial charge on any atom is 0.130 e. The van der Waals surface area contributed by atoms with Crippen LogP contribution in [-0.2, 0) is 6.54 Å². The van der Waals surface area contributed by atoms with Gasteiger partial charge < -0.3 is 15.8 Å². The van der Waals surface area contributed by atoms with Crippen molar-refractivity contribution in [3.05, 3.63) is 36.2 Å². The maximum atomic E-state index is 5.78. The van der Waals surface area contributed by atoms with Crippen molar-refractivity contribution >= 4 is 23.3 Å². The van der Waals surface area contributed by atoms with Gasteiger partial charge in [0.15, 0.2) is 0 Å². The molecule has 1 heterocycles. The normalized spacial score (nSPS) is 10.2. The van der Waals surface area contributed by atoms with Crippen LogP contribution in [0.15, 0.2) is 35.6 Å². The summed E-state index contributed by atoms with van der Waals surface area (Å²) in [6.45, 7) is 0.596. The maximum absolute atomic E-state index is 5.78. The number of nitrogens with one attached hydrogen (secondary N) is 1. The van der Waals surface area contributed by atoms with Gasteiger partial charge in [0, 0.05) is 23.9 Å². The van der Waals surface area contributed by atoms with Crippen LogP contribution in [0.25, 0.3) is 0 Å². The molecule has 0 spiro atoms. The van der Waals surface area contributed by atoms with E-state index in [2.05, 4.69) is 15.3 Å². The summed E-state index contributed by atoms with van der Waals surface area (Å²) in [4.78, 5) is 8.30. The average Bonchev–Trinajstić information content (AvgIpc) is 2.45. The molecule has 0 radical (unpaired) electrons. The first kappa shape index (κ1) is 13.5. The van der Waals surface area contributed by atoms with Crippen LogP contribution in [0.5, 0.6) is 5.75 Å². The second kappa shape index (κ2) is 6.29. The van der Waals surface area contributed by atoms with E-state index in [1.165, 1.54) is 0 Å². The number of methoxy groups -OCH3 is 1. The van der Waals surface area contributed by atoms with Crippen LogP contribution in [0, 0.1) is 0 Å². The Morgan fingerprint density at radius 3 is 2.89 bits per heavy atom. The molecule has 2 rings (SSSR count). The molecule has 0 aliphatic heterocycles. The van der Waals surface area contributed by atoms with Crippen molar-refractivity contribution in [3.8, 4) is 5.75 Å². The van der Waals surface area contributed by atoms with E-state index in [0.717, 1.165) is 22.2 Å². The highest BCUT2D eigenvalue weighted by Crippen LogP contribution is 2.22. The first-order valence-electron chi connectivity index (χ1n) is 5.75. The molecule has 1 aromatic heterocycles. The van der Waals surface area contributed by atoms with E-state index >= 15 is 0 Å². The Bertz CT molecular complexity index is 562. The topological polar surface area (TPSA) is 73.1 Å². The lowest BCUT2D eigenvalue weighted by Crippen LogP contribution is -2.04. The molecule has 3 N–H and O–H groups in total. The van der Waals surface area contributed by atoms with Crippen LogP contribution in [0.3, 0.4) is 0 Å². The SMILES string of the molecule is COc1ccc(N)cc1CNc1cc(SC)ncn1. The van der Waals surface area contributed by atoms with Crippen molar-refractivity contribution in [2.24, 2.45) is 0 Å². The summed E-state index contributed by atoms with van der Waals surface area (Å²) < 4.78 is 5.30. The van der Waals surface area contributed by atoms with Gasteiger partial charge in [-0.3, -0.25) is 0 Å². The molecule has 2 aromatic rings. The second-order valence-electron chi connectivity index (χ2n) is 3.87. The number of nitrogen functional groups attached to an aromatic ring is 1. The highest BCUT2D eigenvalue weighted by Gasteiger charge is 2.04. The Morgan fingerprint density at radius 1 is 1.32 bits per heavy atom. The number of benzene rings is 1. The average molecular weight is 276 g/mol. The minimum absolute atomic E-state index is 0.596. The third kappa shape index (κ3) is 3.51. The minimum atomic E-state index is 0.596.